The van der Waals surface area contributed by atoms with Crippen LogP contribution in [0.25, 0.3) is 11.6 Å². The number of rotatable bonds is 1. The van der Waals surface area contributed by atoms with E-state index in [4.69, 9.17) is 16.1 Å². The number of hydrogen-bond donors (Lipinski definition) is 2. The number of aromatic nitrogens is 4. The Morgan fingerprint density at radius 3 is 2.72 bits per heavy atom. The molecule has 29 heavy (non-hydrogen) atoms. The monoisotopic (exact) mass is 402 g/mol. The molecule has 3 atom stereocenters. The third-order valence-corrected chi connectivity index (χ3v) is 5.71. The van der Waals surface area contributed by atoms with Crippen LogP contribution in [0.1, 0.15) is 46.2 Å². The van der Waals surface area contributed by atoms with E-state index >= 15 is 0 Å². The highest BCUT2D eigenvalue weighted by atomic mass is 16.5. The quantitative estimate of drug-likeness (QED) is 0.696. The Morgan fingerprint density at radius 2 is 2.17 bits per heavy atom. The summed E-state index contributed by atoms with van der Waals surface area (Å²) in [7, 11) is 4.54. The zero-order valence-electron chi connectivity index (χ0n) is 18.6. The van der Waals surface area contributed by atoms with Crippen molar-refractivity contribution < 1.29 is 15.8 Å². The summed E-state index contributed by atoms with van der Waals surface area (Å²) in [4.78, 5) is 12.4. The first-order valence-electron chi connectivity index (χ1n) is 10.1. The molecule has 0 saturated carbocycles. The molecule has 156 valence electrons. The number of hydrogen-bond acceptors (Lipinski definition) is 8. The number of allylic oxidation sites excluding steroid dienone is 2. The Balaban J connectivity index is 0.000000590. The molecule has 0 radical (unpaired) electrons. The van der Waals surface area contributed by atoms with E-state index in [2.05, 4.69) is 23.2 Å². The van der Waals surface area contributed by atoms with E-state index in [-0.39, 0.29) is 23.2 Å². The van der Waals surface area contributed by atoms with E-state index in [9.17, 15) is 10.1 Å². The normalized spacial score (nSPS) is 25.1. The van der Waals surface area contributed by atoms with Gasteiger partial charge in [-0.15, -0.1) is 10.2 Å². The third kappa shape index (κ3) is 3.50. The zero-order valence-corrected chi connectivity index (χ0v) is 17.6. The van der Waals surface area contributed by atoms with E-state index in [1.807, 2.05) is 20.0 Å². The van der Waals surface area contributed by atoms with Crippen LogP contribution in [-0.2, 0) is 23.7 Å². The summed E-state index contributed by atoms with van der Waals surface area (Å²) in [6.45, 7) is 5.75. The molecule has 0 unspecified atom stereocenters. The molecule has 0 saturated heterocycles. The minimum absolute atomic E-state index is 0.0582. The fourth-order valence-corrected chi connectivity index (χ4v) is 4.50. The van der Waals surface area contributed by atoms with Gasteiger partial charge in [0.25, 0.3) is 5.89 Å². The molecule has 0 spiro atoms. The maximum Gasteiger partial charge on any atom is 0.266 e. The van der Waals surface area contributed by atoms with Crippen molar-refractivity contribution in [3.05, 3.63) is 28.8 Å². The molecule has 9 heteroatoms. The Labute approximate surface area is 171 Å². The highest BCUT2D eigenvalue weighted by Crippen LogP contribution is 2.50. The first-order valence-corrected chi connectivity index (χ1v) is 9.13. The van der Waals surface area contributed by atoms with Gasteiger partial charge in [-0.25, -0.2) is 5.48 Å². The van der Waals surface area contributed by atoms with Crippen molar-refractivity contribution in [1.29, 1.82) is 5.26 Å². The number of Topliss-reactive ketones (excluding diaryl/α,β-unsaturated/α-hetero) is 1. The predicted octanol–water partition coefficient (Wildman–Crippen LogP) is 2.50. The lowest BCUT2D eigenvalue weighted by Gasteiger charge is -2.44. The van der Waals surface area contributed by atoms with Crippen molar-refractivity contribution in [2.75, 3.05) is 7.05 Å². The number of nitriles is 1. The number of aryl methyl sites for hydroxylation is 2. The topological polar surface area (TPSA) is 130 Å². The van der Waals surface area contributed by atoms with Crippen LogP contribution in [0.15, 0.2) is 16.1 Å². The summed E-state index contributed by atoms with van der Waals surface area (Å²) >= 11 is 0. The van der Waals surface area contributed by atoms with Crippen molar-refractivity contribution in [1.82, 2.24) is 25.5 Å². The van der Waals surface area contributed by atoms with E-state index in [0.29, 0.717) is 11.8 Å². The smallest absolute Gasteiger partial charge is 0.266 e. The molecule has 0 aromatic carbocycles. The van der Waals surface area contributed by atoms with Gasteiger partial charge in [0.1, 0.15) is 11.8 Å². The third-order valence-electron chi connectivity index (χ3n) is 5.71. The lowest BCUT2D eigenvalue weighted by atomic mass is 9.58. The highest BCUT2D eigenvalue weighted by molar-refractivity contribution is 6.02. The fraction of sp³-hybridized carbons (Fsp3) is 0.550. The molecule has 0 fully saturated rings. The van der Waals surface area contributed by atoms with Gasteiger partial charge in [0.2, 0.25) is 5.89 Å². The average molecular weight is 402 g/mol. The SMILES string of the molecule is CNO.Cc1nnc(-c2c3c(nn2C)[C@@]2(C)C=C(C#N)C(=O)[C@@H](C)[C@@H]2CC3)o1.[3H]C. The van der Waals surface area contributed by atoms with E-state index in [0.717, 1.165) is 29.8 Å². The van der Waals surface area contributed by atoms with Crippen LogP contribution in [0.4, 0.5) is 0 Å². The van der Waals surface area contributed by atoms with E-state index in [1.165, 1.54) is 14.5 Å². The molecule has 2 aliphatic rings. The second kappa shape index (κ2) is 8.27. The summed E-state index contributed by atoms with van der Waals surface area (Å²) in [5.41, 5.74) is 4.34. The van der Waals surface area contributed by atoms with Gasteiger partial charge >= 0.3 is 0 Å². The number of nitrogens with zero attached hydrogens (tertiary/aromatic N) is 5. The first-order chi connectivity index (χ1) is 14.3. The summed E-state index contributed by atoms with van der Waals surface area (Å²) in [6.07, 6.45) is 3.47. The summed E-state index contributed by atoms with van der Waals surface area (Å²) in [5.74, 6) is 0.858. The van der Waals surface area contributed by atoms with E-state index in [1.54, 1.807) is 17.1 Å². The van der Waals surface area contributed by atoms with Crippen LogP contribution in [0.5, 0.6) is 0 Å². The van der Waals surface area contributed by atoms with Crippen molar-refractivity contribution in [3.63, 3.8) is 0 Å². The highest BCUT2D eigenvalue weighted by Gasteiger charge is 2.50. The lowest BCUT2D eigenvalue weighted by Crippen LogP contribution is -2.45. The predicted molar refractivity (Wildman–Crippen MR) is 106 cm³/mol. The standard InChI is InChI=1S/C18H19N5O2.CH5NO.CH4/c1-9-13-6-5-12-14(17-21-20-10(2)25-17)23(4)22-16(12)18(13,3)7-11(8-19)15(9)24;1-2-3;/h7,9,13H,5-6H2,1-4H3;2-3H,1H3;1H4/t9-,13-,18-;;/m0../s1/i;;1T. The molecule has 4 rings (SSSR count). The minimum atomic E-state index is -0.447. The molecular formula is C20H28N6O3. The number of fused-ring (bicyclic) bond motifs is 3. The Morgan fingerprint density at radius 1 is 1.52 bits per heavy atom. The van der Waals surface area contributed by atoms with Crippen molar-refractivity contribution >= 4 is 5.78 Å². The maximum absolute atomic E-state index is 12.4. The van der Waals surface area contributed by atoms with Gasteiger partial charge < -0.3 is 9.62 Å². The lowest BCUT2D eigenvalue weighted by molar-refractivity contribution is -0.121. The van der Waals surface area contributed by atoms with Gasteiger partial charge in [-0.05, 0) is 18.8 Å². The van der Waals surface area contributed by atoms with Crippen LogP contribution in [0.2, 0.25) is 0 Å². The van der Waals surface area contributed by atoms with Gasteiger partial charge in [-0.3, -0.25) is 9.48 Å². The minimum Gasteiger partial charge on any atom is -0.420 e. The average Bonchev–Trinajstić information content (AvgIpc) is 3.30. The molecule has 2 aromatic heterocycles. The van der Waals surface area contributed by atoms with Gasteiger partial charge in [-0.2, -0.15) is 10.4 Å². The second-order valence-corrected chi connectivity index (χ2v) is 7.40. The van der Waals surface area contributed by atoms with E-state index < -0.39 is 5.41 Å². The Hall–Kier alpha value is -2.83. The largest absolute Gasteiger partial charge is 0.420 e. The maximum atomic E-state index is 12.4. The van der Waals surface area contributed by atoms with Gasteiger partial charge in [-0.1, -0.05) is 27.3 Å². The molecule has 2 aromatic rings. The van der Waals surface area contributed by atoms with Gasteiger partial charge in [0.05, 0.1) is 11.3 Å². The molecular weight excluding hydrogens is 372 g/mol. The second-order valence-electron chi connectivity index (χ2n) is 7.40. The fourth-order valence-electron chi connectivity index (χ4n) is 4.50. The van der Waals surface area contributed by atoms with Crippen LogP contribution in [0.3, 0.4) is 0 Å². The Bertz CT molecular complexity index is 989. The summed E-state index contributed by atoms with van der Waals surface area (Å²) in [5, 5.41) is 29.5. The molecule has 2 N–H and O–H groups in total. The molecule has 0 bridgehead atoms. The molecule has 2 heterocycles. The number of carbonyl (C=O) groups excluding carboxylic acids is 1. The number of ketones is 1. The van der Waals surface area contributed by atoms with Crippen molar-refractivity contribution in [2.45, 2.75) is 46.4 Å². The van der Waals surface area contributed by atoms with Crippen LogP contribution >= 0.6 is 0 Å². The number of carbonyl (C=O) groups is 1. The van der Waals surface area contributed by atoms with Crippen LogP contribution in [0, 0.1) is 30.1 Å². The molecule has 9 nitrogen and oxygen atoms in total. The van der Waals surface area contributed by atoms with Crippen LogP contribution in [-0.4, -0.2) is 38.0 Å². The molecule has 0 aliphatic heterocycles. The van der Waals surface area contributed by atoms with Crippen LogP contribution < -0.4 is 5.48 Å². The zero-order chi connectivity index (χ0) is 22.6. The number of hydroxylamine groups is 1. The molecule has 0 amide bonds. The Kier molecular flexibility index (Phi) is 5.96. The molecule has 2 aliphatic carbocycles. The van der Waals surface area contributed by atoms with Gasteiger partial charge in [0.15, 0.2) is 5.78 Å². The first kappa shape index (κ1) is 20.9. The van der Waals surface area contributed by atoms with Crippen molar-refractivity contribution in [2.24, 2.45) is 18.9 Å². The number of nitrogens with one attached hydrogen (secondary N) is 1. The van der Waals surface area contributed by atoms with Gasteiger partial charge in [0, 0.05) is 39.3 Å². The van der Waals surface area contributed by atoms with Crippen molar-refractivity contribution in [3.8, 4) is 17.7 Å². The summed E-state index contributed by atoms with van der Waals surface area (Å²) in [6, 6.07) is 2.07. The summed E-state index contributed by atoms with van der Waals surface area (Å²) < 4.78 is 13.1.